The van der Waals surface area contributed by atoms with E-state index in [2.05, 4.69) is 139 Å². The molecule has 0 aliphatic carbocycles. The van der Waals surface area contributed by atoms with E-state index in [1.54, 1.807) is 0 Å². The molecular formula is C42H33IrN4O-. The van der Waals surface area contributed by atoms with E-state index in [0.717, 1.165) is 61.1 Å². The topological polar surface area (TPSA) is 48.8 Å². The van der Waals surface area contributed by atoms with Crippen molar-refractivity contribution in [3.05, 3.63) is 133 Å². The summed E-state index contributed by atoms with van der Waals surface area (Å²) in [7, 11) is 0. The molecule has 48 heavy (non-hydrogen) atoms. The Morgan fingerprint density at radius 2 is 1.29 bits per heavy atom. The second kappa shape index (κ2) is 11.6. The zero-order valence-corrected chi connectivity index (χ0v) is 29.5. The predicted octanol–water partition coefficient (Wildman–Crippen LogP) is 11.1. The van der Waals surface area contributed by atoms with Crippen LogP contribution < -0.4 is 0 Å². The molecular weight excluding hydrogens is 769 g/mol. The fraction of sp³-hybridized carbons (Fsp3) is 0.143. The second-order valence-corrected chi connectivity index (χ2v) is 13.0. The maximum Gasteiger partial charge on any atom is 0.121 e. The average molecular weight is 802 g/mol. The third kappa shape index (κ3) is 4.40. The molecule has 1 radical (unpaired) electrons. The van der Waals surface area contributed by atoms with E-state index in [0.29, 0.717) is 11.8 Å². The van der Waals surface area contributed by atoms with Crippen LogP contribution in [0.4, 0.5) is 0 Å². The van der Waals surface area contributed by atoms with Crippen LogP contribution in [0.5, 0.6) is 0 Å². The number of benzene rings is 5. The summed E-state index contributed by atoms with van der Waals surface area (Å²) in [5, 5.41) is 4.53. The Morgan fingerprint density at radius 3 is 1.96 bits per heavy atom. The molecule has 237 valence electrons. The molecule has 0 saturated carbocycles. The van der Waals surface area contributed by atoms with Crippen LogP contribution in [0.3, 0.4) is 0 Å². The van der Waals surface area contributed by atoms with E-state index in [1.165, 1.54) is 27.6 Å². The van der Waals surface area contributed by atoms with Gasteiger partial charge in [-0.05, 0) is 58.3 Å². The Hall–Kier alpha value is -5.03. The van der Waals surface area contributed by atoms with Gasteiger partial charge in [-0.25, -0.2) is 0 Å². The van der Waals surface area contributed by atoms with E-state index in [1.807, 2.05) is 24.5 Å². The summed E-state index contributed by atoms with van der Waals surface area (Å²) in [5.74, 6) is 1.41. The predicted molar refractivity (Wildman–Crippen MR) is 193 cm³/mol. The van der Waals surface area contributed by atoms with Crippen molar-refractivity contribution in [3.63, 3.8) is 0 Å². The van der Waals surface area contributed by atoms with Crippen LogP contribution in [0.25, 0.3) is 77.5 Å². The molecule has 0 unspecified atom stereocenters. The average Bonchev–Trinajstić information content (AvgIpc) is 3.77. The first-order valence-electron chi connectivity index (χ1n) is 16.3. The summed E-state index contributed by atoms with van der Waals surface area (Å²) in [6.45, 7) is 9.03. The van der Waals surface area contributed by atoms with Gasteiger partial charge in [0.1, 0.15) is 5.58 Å². The standard InChI is InChI=1S/C42H33N4O.Ir/c1-25(2)27-15-11-16-28(26(3)4)40(27)46-36-22-23-43-24-33(36)44-42(46)32-20-21-37(39-31-14-7-10-19-38(31)47-41(32)39)45-34-17-8-5-12-29(34)30-13-6-9-18-35(30)45;/h5-19,21-26H,1-4H3;/q-1;. The maximum absolute atomic E-state index is 6.83. The van der Waals surface area contributed by atoms with Crippen LogP contribution in [0, 0.1) is 6.07 Å². The first-order valence-corrected chi connectivity index (χ1v) is 16.3. The quantitative estimate of drug-likeness (QED) is 0.163. The van der Waals surface area contributed by atoms with Gasteiger partial charge in [0.2, 0.25) is 0 Å². The van der Waals surface area contributed by atoms with E-state index < -0.39 is 0 Å². The number of pyridine rings is 1. The van der Waals surface area contributed by atoms with Crippen molar-refractivity contribution in [1.29, 1.82) is 0 Å². The number of hydrogen-bond donors (Lipinski definition) is 0. The Bertz CT molecular complexity index is 2580. The molecule has 0 fully saturated rings. The van der Waals surface area contributed by atoms with E-state index >= 15 is 0 Å². The minimum absolute atomic E-state index is 0. The van der Waals surface area contributed by atoms with Crippen molar-refractivity contribution in [1.82, 2.24) is 19.1 Å². The number of imidazole rings is 1. The number of para-hydroxylation sites is 4. The van der Waals surface area contributed by atoms with Crippen molar-refractivity contribution in [3.8, 4) is 22.8 Å². The van der Waals surface area contributed by atoms with Crippen LogP contribution >= 0.6 is 0 Å². The number of nitrogens with zero attached hydrogens (tertiary/aromatic N) is 4. The van der Waals surface area contributed by atoms with Crippen molar-refractivity contribution in [2.75, 3.05) is 0 Å². The Morgan fingerprint density at radius 1 is 0.667 bits per heavy atom. The monoisotopic (exact) mass is 802 g/mol. The number of furan rings is 1. The summed E-state index contributed by atoms with van der Waals surface area (Å²) in [6, 6.07) is 40.1. The SMILES string of the molecule is CC(C)c1cccc(C(C)C)c1-n1c(-c2[c-]cc(-n3c4ccccc4c4ccccc43)c3c2oc2ccccc23)nc2cnccc21.[Ir]. The van der Waals surface area contributed by atoms with Gasteiger partial charge in [-0.1, -0.05) is 106 Å². The molecule has 4 heterocycles. The number of hydrogen-bond acceptors (Lipinski definition) is 3. The second-order valence-electron chi connectivity index (χ2n) is 13.0. The van der Waals surface area contributed by atoms with Gasteiger partial charge < -0.3 is 13.6 Å². The van der Waals surface area contributed by atoms with Gasteiger partial charge in [-0.15, -0.1) is 12.1 Å². The third-order valence-corrected chi connectivity index (χ3v) is 9.50. The van der Waals surface area contributed by atoms with Crippen LogP contribution in [0.15, 0.2) is 120 Å². The van der Waals surface area contributed by atoms with Crippen LogP contribution in [-0.4, -0.2) is 19.1 Å². The van der Waals surface area contributed by atoms with Crippen LogP contribution in [-0.2, 0) is 20.1 Å². The van der Waals surface area contributed by atoms with Crippen LogP contribution in [0.1, 0.15) is 50.7 Å². The molecule has 0 bridgehead atoms. The smallest absolute Gasteiger partial charge is 0.121 e. The van der Waals surface area contributed by atoms with Gasteiger partial charge in [-0.2, -0.15) is 0 Å². The summed E-state index contributed by atoms with van der Waals surface area (Å²) in [4.78, 5) is 9.73. The minimum atomic E-state index is 0. The van der Waals surface area contributed by atoms with E-state index in [9.17, 15) is 0 Å². The summed E-state index contributed by atoms with van der Waals surface area (Å²) in [5.41, 5.74) is 11.3. The first kappa shape index (κ1) is 30.3. The molecule has 0 saturated heterocycles. The van der Waals surface area contributed by atoms with Crippen molar-refractivity contribution in [2.24, 2.45) is 0 Å². The van der Waals surface area contributed by atoms with Gasteiger partial charge in [0.25, 0.3) is 0 Å². The Balaban J connectivity index is 0.00000336. The zero-order valence-electron chi connectivity index (χ0n) is 27.2. The van der Waals surface area contributed by atoms with Crippen LogP contribution in [0.2, 0.25) is 0 Å². The fourth-order valence-corrected chi connectivity index (χ4v) is 7.37. The van der Waals surface area contributed by atoms with Gasteiger partial charge in [0.15, 0.2) is 0 Å². The van der Waals surface area contributed by atoms with Gasteiger partial charge in [0.05, 0.1) is 28.6 Å². The molecule has 0 atom stereocenters. The number of fused-ring (bicyclic) bond motifs is 7. The van der Waals surface area contributed by atoms with Gasteiger partial charge >= 0.3 is 0 Å². The molecule has 4 aromatic heterocycles. The summed E-state index contributed by atoms with van der Waals surface area (Å²) < 4.78 is 11.5. The first-order chi connectivity index (χ1) is 23.0. The minimum Gasteiger partial charge on any atom is -0.500 e. The van der Waals surface area contributed by atoms with Gasteiger partial charge in [-0.3, -0.25) is 9.97 Å². The zero-order chi connectivity index (χ0) is 31.8. The fourth-order valence-electron chi connectivity index (χ4n) is 7.37. The normalized spacial score (nSPS) is 12.0. The molecule has 0 amide bonds. The molecule has 5 nitrogen and oxygen atoms in total. The molecule has 0 aliphatic rings. The summed E-state index contributed by atoms with van der Waals surface area (Å²) in [6.07, 6.45) is 3.70. The maximum atomic E-state index is 6.83. The Kier molecular flexibility index (Phi) is 7.32. The largest absolute Gasteiger partial charge is 0.500 e. The van der Waals surface area contributed by atoms with Gasteiger partial charge in [0, 0.05) is 59.2 Å². The van der Waals surface area contributed by atoms with E-state index in [-0.39, 0.29) is 20.1 Å². The van der Waals surface area contributed by atoms with E-state index in [4.69, 9.17) is 9.40 Å². The van der Waals surface area contributed by atoms with Crippen molar-refractivity contribution in [2.45, 2.75) is 39.5 Å². The molecule has 0 aliphatic heterocycles. The summed E-state index contributed by atoms with van der Waals surface area (Å²) >= 11 is 0. The molecule has 0 N–H and O–H groups in total. The molecule has 9 rings (SSSR count). The molecule has 6 heteroatoms. The van der Waals surface area contributed by atoms with Crippen molar-refractivity contribution >= 4 is 54.8 Å². The number of aromatic nitrogens is 4. The van der Waals surface area contributed by atoms with Crippen molar-refractivity contribution < 1.29 is 24.5 Å². The third-order valence-electron chi connectivity index (χ3n) is 9.50. The number of rotatable bonds is 5. The Labute approximate surface area is 292 Å². The molecule has 9 aromatic rings. The molecule has 0 spiro atoms. The molecule has 5 aromatic carbocycles.